The van der Waals surface area contributed by atoms with Gasteiger partial charge in [-0.1, -0.05) is 0 Å². The molecular formula is C5H11N3O2. The molecule has 5 N–H and O–H groups in total. The minimum absolute atomic E-state index is 0.0498. The molecule has 0 heterocycles. The average molecular weight is 145 g/mol. The molecule has 0 radical (unpaired) electrons. The molecule has 1 unspecified atom stereocenters. The van der Waals surface area contributed by atoms with E-state index in [2.05, 4.69) is 5.32 Å². The van der Waals surface area contributed by atoms with Crippen LogP contribution in [0.4, 0.5) is 0 Å². The second-order valence-corrected chi connectivity index (χ2v) is 1.89. The maximum Gasteiger partial charge on any atom is 0.234 e. The Labute approximate surface area is 58.8 Å². The molecule has 0 spiro atoms. The highest BCUT2D eigenvalue weighted by molar-refractivity contribution is 5.86. The van der Waals surface area contributed by atoms with Gasteiger partial charge in [-0.05, 0) is 0 Å². The van der Waals surface area contributed by atoms with Gasteiger partial charge in [0.15, 0.2) is 0 Å². The zero-order valence-corrected chi connectivity index (χ0v) is 5.76. The van der Waals surface area contributed by atoms with E-state index >= 15 is 0 Å². The van der Waals surface area contributed by atoms with Gasteiger partial charge in [0.05, 0.1) is 12.5 Å². The molecule has 58 valence electrons. The van der Waals surface area contributed by atoms with Crippen molar-refractivity contribution in [3.8, 4) is 0 Å². The summed E-state index contributed by atoms with van der Waals surface area (Å²) in [5.41, 5.74) is 9.95. The summed E-state index contributed by atoms with van der Waals surface area (Å²) in [6, 6.07) is -0.875. The van der Waals surface area contributed by atoms with Crippen LogP contribution in [0.5, 0.6) is 0 Å². The molecule has 1 atom stereocenters. The Kier molecular flexibility index (Phi) is 3.42. The Bertz CT molecular complexity index is 146. The predicted octanol–water partition coefficient (Wildman–Crippen LogP) is -2.06. The molecule has 0 aliphatic heterocycles. The highest BCUT2D eigenvalue weighted by Gasteiger charge is 2.12. The van der Waals surface area contributed by atoms with Gasteiger partial charge >= 0.3 is 0 Å². The van der Waals surface area contributed by atoms with Crippen LogP contribution in [0.3, 0.4) is 0 Å². The highest BCUT2D eigenvalue weighted by atomic mass is 16.2. The van der Waals surface area contributed by atoms with Crippen molar-refractivity contribution in [1.29, 1.82) is 0 Å². The molecule has 0 aromatic rings. The minimum atomic E-state index is -0.875. The van der Waals surface area contributed by atoms with Gasteiger partial charge in [-0.3, -0.25) is 9.59 Å². The van der Waals surface area contributed by atoms with Crippen LogP contribution in [-0.2, 0) is 9.59 Å². The number of rotatable bonds is 3. The third-order valence-corrected chi connectivity index (χ3v) is 1.05. The number of hydrogen-bond donors (Lipinski definition) is 3. The van der Waals surface area contributed by atoms with E-state index in [0.29, 0.717) is 0 Å². The van der Waals surface area contributed by atoms with E-state index in [1.807, 2.05) is 0 Å². The van der Waals surface area contributed by atoms with Gasteiger partial charge in [-0.25, -0.2) is 0 Å². The molecule has 0 fully saturated rings. The van der Waals surface area contributed by atoms with E-state index in [4.69, 9.17) is 11.5 Å². The fourth-order valence-corrected chi connectivity index (χ4v) is 0.402. The van der Waals surface area contributed by atoms with Crippen LogP contribution in [0.1, 0.15) is 6.42 Å². The Morgan fingerprint density at radius 2 is 2.10 bits per heavy atom. The van der Waals surface area contributed by atoms with Crippen molar-refractivity contribution >= 4 is 11.8 Å². The van der Waals surface area contributed by atoms with Gasteiger partial charge in [-0.15, -0.1) is 0 Å². The van der Waals surface area contributed by atoms with Crippen molar-refractivity contribution in [3.63, 3.8) is 0 Å². The summed E-state index contributed by atoms with van der Waals surface area (Å²) in [5.74, 6) is -0.949. The van der Waals surface area contributed by atoms with Crippen LogP contribution in [0.2, 0.25) is 0 Å². The first-order valence-electron chi connectivity index (χ1n) is 2.83. The maximum atomic E-state index is 10.5. The van der Waals surface area contributed by atoms with Crippen molar-refractivity contribution in [3.05, 3.63) is 0 Å². The number of carbonyl (C=O) groups is 2. The number of primary amides is 1. The molecule has 0 saturated heterocycles. The Balaban J connectivity index is 3.68. The topological polar surface area (TPSA) is 98.2 Å². The van der Waals surface area contributed by atoms with Gasteiger partial charge in [0.1, 0.15) is 0 Å². The number of carbonyl (C=O) groups excluding carboxylic acids is 2. The number of nitrogens with two attached hydrogens (primary N) is 2. The third kappa shape index (κ3) is 3.03. The quantitative estimate of drug-likeness (QED) is 0.425. The van der Waals surface area contributed by atoms with E-state index in [-0.39, 0.29) is 12.3 Å². The second-order valence-electron chi connectivity index (χ2n) is 1.89. The Morgan fingerprint density at radius 3 is 2.40 bits per heavy atom. The number of amides is 2. The molecule has 0 aliphatic rings. The highest BCUT2D eigenvalue weighted by Crippen LogP contribution is 1.84. The maximum absolute atomic E-state index is 10.5. The second kappa shape index (κ2) is 3.84. The lowest BCUT2D eigenvalue weighted by molar-refractivity contribution is -0.125. The average Bonchev–Trinajstić information content (AvgIpc) is 1.87. The van der Waals surface area contributed by atoms with E-state index in [1.54, 1.807) is 0 Å². The van der Waals surface area contributed by atoms with Gasteiger partial charge in [-0.2, -0.15) is 0 Å². The van der Waals surface area contributed by atoms with Crippen LogP contribution in [0, 0.1) is 0 Å². The molecule has 5 nitrogen and oxygen atoms in total. The monoisotopic (exact) mass is 145 g/mol. The van der Waals surface area contributed by atoms with Gasteiger partial charge in [0, 0.05) is 7.05 Å². The van der Waals surface area contributed by atoms with Crippen LogP contribution in [0.15, 0.2) is 0 Å². The van der Waals surface area contributed by atoms with Crippen molar-refractivity contribution < 1.29 is 9.59 Å². The molecule has 0 aliphatic carbocycles. The Morgan fingerprint density at radius 1 is 1.60 bits per heavy atom. The molecule has 0 aromatic carbocycles. The largest absolute Gasteiger partial charge is 0.368 e. The van der Waals surface area contributed by atoms with Crippen molar-refractivity contribution in [2.24, 2.45) is 11.5 Å². The summed E-state index contributed by atoms with van der Waals surface area (Å²) in [5, 5.41) is 2.32. The fourth-order valence-electron chi connectivity index (χ4n) is 0.402. The van der Waals surface area contributed by atoms with Crippen molar-refractivity contribution in [2.75, 3.05) is 7.05 Å². The zero-order chi connectivity index (χ0) is 8.15. The zero-order valence-electron chi connectivity index (χ0n) is 5.76. The molecule has 0 bridgehead atoms. The third-order valence-electron chi connectivity index (χ3n) is 1.05. The summed E-state index contributed by atoms with van der Waals surface area (Å²) < 4.78 is 0. The lowest BCUT2D eigenvalue weighted by Crippen LogP contribution is -2.40. The van der Waals surface area contributed by atoms with Crippen LogP contribution in [-0.4, -0.2) is 24.9 Å². The molecule has 0 saturated carbocycles. The van der Waals surface area contributed by atoms with E-state index in [1.165, 1.54) is 7.05 Å². The normalized spacial score (nSPS) is 12.2. The smallest absolute Gasteiger partial charge is 0.234 e. The lowest BCUT2D eigenvalue weighted by Gasteiger charge is -2.04. The lowest BCUT2D eigenvalue weighted by atomic mass is 10.2. The van der Waals surface area contributed by atoms with E-state index < -0.39 is 11.9 Å². The molecule has 5 heteroatoms. The summed E-state index contributed by atoms with van der Waals surface area (Å²) in [6.07, 6.45) is -0.0498. The van der Waals surface area contributed by atoms with Gasteiger partial charge < -0.3 is 16.8 Å². The van der Waals surface area contributed by atoms with Gasteiger partial charge in [0.25, 0.3) is 0 Å². The molecule has 0 aromatic heterocycles. The first kappa shape index (κ1) is 8.90. The fraction of sp³-hybridized carbons (Fsp3) is 0.600. The van der Waals surface area contributed by atoms with Crippen LogP contribution >= 0.6 is 0 Å². The molecule has 10 heavy (non-hydrogen) atoms. The summed E-state index contributed by atoms with van der Waals surface area (Å²) in [6.45, 7) is 0. The molecular weight excluding hydrogens is 134 g/mol. The summed E-state index contributed by atoms with van der Waals surface area (Å²) in [7, 11) is 1.47. The minimum Gasteiger partial charge on any atom is -0.368 e. The Hall–Kier alpha value is -1.10. The SMILES string of the molecule is CNC(=O)CC(N)C(N)=O. The van der Waals surface area contributed by atoms with Crippen LogP contribution in [0.25, 0.3) is 0 Å². The van der Waals surface area contributed by atoms with Crippen molar-refractivity contribution in [1.82, 2.24) is 5.32 Å². The van der Waals surface area contributed by atoms with E-state index in [0.717, 1.165) is 0 Å². The predicted molar refractivity (Wildman–Crippen MR) is 35.9 cm³/mol. The first-order valence-corrected chi connectivity index (χ1v) is 2.83. The first-order chi connectivity index (χ1) is 4.57. The van der Waals surface area contributed by atoms with E-state index in [9.17, 15) is 9.59 Å². The number of nitrogens with one attached hydrogen (secondary N) is 1. The molecule has 2 amide bonds. The van der Waals surface area contributed by atoms with Crippen LogP contribution < -0.4 is 16.8 Å². The summed E-state index contributed by atoms with van der Waals surface area (Å²) in [4.78, 5) is 20.8. The summed E-state index contributed by atoms with van der Waals surface area (Å²) >= 11 is 0. The van der Waals surface area contributed by atoms with Crippen molar-refractivity contribution in [2.45, 2.75) is 12.5 Å². The van der Waals surface area contributed by atoms with Gasteiger partial charge in [0.2, 0.25) is 11.8 Å². The number of hydrogen-bond acceptors (Lipinski definition) is 3. The standard InChI is InChI=1S/C5H11N3O2/c1-8-4(9)2-3(6)5(7)10/h3H,2,6H2,1H3,(H2,7,10)(H,8,9). The molecule has 0 rings (SSSR count).